The zero-order valence-electron chi connectivity index (χ0n) is 14.8. The number of amides is 3. The molecule has 2 aliphatic heterocycles. The number of nitrogens with one attached hydrogen (secondary N) is 2. The van der Waals surface area contributed by atoms with Crippen molar-refractivity contribution in [2.45, 2.75) is 12.8 Å². The molecule has 0 bridgehead atoms. The topological polar surface area (TPSA) is 98.8 Å². The van der Waals surface area contributed by atoms with E-state index in [1.54, 1.807) is 34.1 Å². The molecular formula is C17H24N4O4S. The highest BCUT2D eigenvalue weighted by Crippen LogP contribution is 2.21. The van der Waals surface area contributed by atoms with E-state index in [2.05, 4.69) is 10.0 Å². The Morgan fingerprint density at radius 2 is 2.00 bits per heavy atom. The van der Waals surface area contributed by atoms with E-state index < -0.39 is 10.0 Å². The van der Waals surface area contributed by atoms with Gasteiger partial charge in [0.15, 0.2) is 0 Å². The first-order valence-corrected chi connectivity index (χ1v) is 10.6. The molecule has 3 rings (SSSR count). The molecule has 2 fully saturated rings. The Morgan fingerprint density at radius 3 is 2.62 bits per heavy atom. The van der Waals surface area contributed by atoms with E-state index >= 15 is 0 Å². The van der Waals surface area contributed by atoms with Gasteiger partial charge in [-0.1, -0.05) is 0 Å². The van der Waals surface area contributed by atoms with Gasteiger partial charge in [0.1, 0.15) is 0 Å². The molecule has 0 spiro atoms. The van der Waals surface area contributed by atoms with Crippen molar-refractivity contribution < 1.29 is 18.0 Å². The second-order valence-corrected chi connectivity index (χ2v) is 8.64. The van der Waals surface area contributed by atoms with Crippen LogP contribution in [0, 0.1) is 5.92 Å². The molecule has 0 saturated carbocycles. The minimum absolute atomic E-state index is 0.0634. The van der Waals surface area contributed by atoms with E-state index in [1.807, 2.05) is 0 Å². The number of sulfonamides is 1. The van der Waals surface area contributed by atoms with Gasteiger partial charge in [0.25, 0.3) is 5.91 Å². The summed E-state index contributed by atoms with van der Waals surface area (Å²) < 4.78 is 25.0. The first-order chi connectivity index (χ1) is 12.3. The fourth-order valence-corrected chi connectivity index (χ4v) is 3.91. The SMILES string of the molecule is CS(=O)(=O)NC[C@@H]1CCCN(C(=O)c2ccc(N3CCNC3=O)cc2)C1. The van der Waals surface area contributed by atoms with Gasteiger partial charge in [0.2, 0.25) is 10.0 Å². The first-order valence-electron chi connectivity index (χ1n) is 8.73. The lowest BCUT2D eigenvalue weighted by Crippen LogP contribution is -2.43. The quantitative estimate of drug-likeness (QED) is 0.782. The molecule has 1 aromatic carbocycles. The Hall–Kier alpha value is -2.13. The molecule has 2 N–H and O–H groups in total. The highest BCUT2D eigenvalue weighted by molar-refractivity contribution is 7.88. The van der Waals surface area contributed by atoms with E-state index in [1.165, 1.54) is 0 Å². The minimum atomic E-state index is -3.22. The summed E-state index contributed by atoms with van der Waals surface area (Å²) in [6.45, 7) is 2.80. The van der Waals surface area contributed by atoms with Crippen molar-refractivity contribution in [2.24, 2.45) is 5.92 Å². The van der Waals surface area contributed by atoms with Crippen molar-refractivity contribution in [2.75, 3.05) is 43.9 Å². The largest absolute Gasteiger partial charge is 0.338 e. The molecule has 0 unspecified atom stereocenters. The smallest absolute Gasteiger partial charge is 0.321 e. The Morgan fingerprint density at radius 1 is 1.27 bits per heavy atom. The van der Waals surface area contributed by atoms with E-state index in [4.69, 9.17) is 0 Å². The molecule has 8 nitrogen and oxygen atoms in total. The second-order valence-electron chi connectivity index (χ2n) is 6.81. The third-order valence-electron chi connectivity index (χ3n) is 4.72. The van der Waals surface area contributed by atoms with Crippen LogP contribution in [0.4, 0.5) is 10.5 Å². The van der Waals surface area contributed by atoms with E-state index in [0.29, 0.717) is 38.3 Å². The number of anilines is 1. The van der Waals surface area contributed by atoms with Gasteiger partial charge in [0.05, 0.1) is 6.26 Å². The number of hydrogen-bond acceptors (Lipinski definition) is 4. The van der Waals surface area contributed by atoms with Crippen LogP contribution in [0.1, 0.15) is 23.2 Å². The minimum Gasteiger partial charge on any atom is -0.338 e. The summed E-state index contributed by atoms with van der Waals surface area (Å²) >= 11 is 0. The Labute approximate surface area is 153 Å². The summed E-state index contributed by atoms with van der Waals surface area (Å²) in [5, 5.41) is 2.75. The molecule has 1 atom stereocenters. The third-order valence-corrected chi connectivity index (χ3v) is 5.41. The summed E-state index contributed by atoms with van der Waals surface area (Å²) in [6.07, 6.45) is 2.89. The van der Waals surface area contributed by atoms with Gasteiger partial charge in [-0.05, 0) is 43.0 Å². The van der Waals surface area contributed by atoms with Gasteiger partial charge in [0, 0.05) is 44.0 Å². The number of carbonyl (C=O) groups is 2. The monoisotopic (exact) mass is 380 g/mol. The van der Waals surface area contributed by atoms with Crippen LogP contribution in [0.2, 0.25) is 0 Å². The summed E-state index contributed by atoms with van der Waals surface area (Å²) in [7, 11) is -3.22. The van der Waals surface area contributed by atoms with Crippen LogP contribution in [0.3, 0.4) is 0 Å². The van der Waals surface area contributed by atoms with E-state index in [9.17, 15) is 18.0 Å². The maximum Gasteiger partial charge on any atom is 0.321 e. The normalized spacial score (nSPS) is 21.0. The van der Waals surface area contributed by atoms with Crippen molar-refractivity contribution in [3.05, 3.63) is 29.8 Å². The zero-order chi connectivity index (χ0) is 18.7. The maximum atomic E-state index is 12.7. The molecule has 3 amide bonds. The number of urea groups is 1. The third kappa shape index (κ3) is 4.53. The molecule has 2 aliphatic rings. The van der Waals surface area contributed by atoms with Gasteiger partial charge < -0.3 is 10.2 Å². The van der Waals surface area contributed by atoms with Crippen LogP contribution in [-0.4, -0.2) is 64.2 Å². The lowest BCUT2D eigenvalue weighted by Gasteiger charge is -2.33. The predicted molar refractivity (Wildman–Crippen MR) is 98.7 cm³/mol. The average Bonchev–Trinajstić information content (AvgIpc) is 3.05. The van der Waals surface area contributed by atoms with Crippen LogP contribution in [-0.2, 0) is 10.0 Å². The molecule has 1 aromatic rings. The number of rotatable bonds is 5. The Kier molecular flexibility index (Phi) is 5.47. The van der Waals surface area contributed by atoms with Gasteiger partial charge in [-0.2, -0.15) is 0 Å². The van der Waals surface area contributed by atoms with Crippen LogP contribution >= 0.6 is 0 Å². The van der Waals surface area contributed by atoms with Crippen LogP contribution in [0.25, 0.3) is 0 Å². The highest BCUT2D eigenvalue weighted by atomic mass is 32.2. The van der Waals surface area contributed by atoms with E-state index in [0.717, 1.165) is 24.8 Å². The molecule has 0 aromatic heterocycles. The van der Waals surface area contributed by atoms with E-state index in [-0.39, 0.29) is 17.9 Å². The highest BCUT2D eigenvalue weighted by Gasteiger charge is 2.26. The maximum absolute atomic E-state index is 12.7. The number of nitrogens with zero attached hydrogens (tertiary/aromatic N) is 2. The fourth-order valence-electron chi connectivity index (χ4n) is 3.37. The summed E-state index contributed by atoms with van der Waals surface area (Å²) in [6, 6.07) is 6.92. The number of piperidine rings is 1. The van der Waals surface area contributed by atoms with Crippen molar-refractivity contribution >= 4 is 27.6 Å². The van der Waals surface area contributed by atoms with Gasteiger partial charge >= 0.3 is 6.03 Å². The van der Waals surface area contributed by atoms with Crippen molar-refractivity contribution in [1.82, 2.24) is 14.9 Å². The molecular weight excluding hydrogens is 356 g/mol. The summed E-state index contributed by atoms with van der Waals surface area (Å²) in [5.41, 5.74) is 1.34. The fraction of sp³-hybridized carbons (Fsp3) is 0.529. The summed E-state index contributed by atoms with van der Waals surface area (Å²) in [4.78, 5) is 27.9. The molecule has 2 saturated heterocycles. The lowest BCUT2D eigenvalue weighted by molar-refractivity contribution is 0.0676. The van der Waals surface area contributed by atoms with Gasteiger partial charge in [-0.15, -0.1) is 0 Å². The number of benzene rings is 1. The van der Waals surface area contributed by atoms with Crippen LogP contribution in [0.15, 0.2) is 24.3 Å². The van der Waals surface area contributed by atoms with Crippen molar-refractivity contribution in [3.8, 4) is 0 Å². The van der Waals surface area contributed by atoms with Crippen LogP contribution in [0.5, 0.6) is 0 Å². The van der Waals surface area contributed by atoms with Gasteiger partial charge in [-0.25, -0.2) is 17.9 Å². The molecule has 2 heterocycles. The number of hydrogen-bond donors (Lipinski definition) is 2. The molecule has 142 valence electrons. The average molecular weight is 380 g/mol. The molecule has 0 radical (unpaired) electrons. The number of likely N-dealkylation sites (tertiary alicyclic amines) is 1. The second kappa shape index (κ2) is 7.63. The molecule has 0 aliphatic carbocycles. The lowest BCUT2D eigenvalue weighted by atomic mass is 9.97. The standard InChI is InChI=1S/C17H24N4O4S/c1-26(24,25)19-11-13-3-2-9-20(12-13)16(22)14-4-6-15(7-5-14)21-10-8-18-17(21)23/h4-7,13,19H,2-3,8-12H2,1H3,(H,18,23)/t13-/m0/s1. The molecule has 26 heavy (non-hydrogen) atoms. The number of carbonyl (C=O) groups excluding carboxylic acids is 2. The zero-order valence-corrected chi connectivity index (χ0v) is 15.6. The van der Waals surface area contributed by atoms with Crippen molar-refractivity contribution in [3.63, 3.8) is 0 Å². The molecule has 9 heteroatoms. The summed E-state index contributed by atoms with van der Waals surface area (Å²) in [5.74, 6) is 0.0569. The Balaban J connectivity index is 1.62. The Bertz CT molecular complexity index is 778. The first kappa shape index (κ1) is 18.7. The predicted octanol–water partition coefficient (Wildman–Crippen LogP) is 0.618. The van der Waals surface area contributed by atoms with Crippen molar-refractivity contribution in [1.29, 1.82) is 0 Å². The van der Waals surface area contributed by atoms with Gasteiger partial charge in [-0.3, -0.25) is 9.69 Å². The van der Waals surface area contributed by atoms with Crippen LogP contribution < -0.4 is 14.9 Å².